The monoisotopic (exact) mass is 271 g/mol. The van der Waals surface area contributed by atoms with Crippen molar-refractivity contribution < 1.29 is 19.5 Å². The van der Waals surface area contributed by atoms with Gasteiger partial charge in [0.1, 0.15) is 11.8 Å². The molecule has 0 radical (unpaired) electrons. The number of amides is 1. The van der Waals surface area contributed by atoms with E-state index in [2.05, 4.69) is 5.32 Å². The first-order valence-electron chi connectivity index (χ1n) is 6.58. The molecule has 0 rings (SSSR count). The van der Waals surface area contributed by atoms with Gasteiger partial charge in [-0.1, -0.05) is 34.6 Å². The second-order valence-electron chi connectivity index (χ2n) is 6.36. The molecule has 5 heteroatoms. The smallest absolute Gasteiger partial charge is 0.326 e. The van der Waals surface area contributed by atoms with E-state index < -0.39 is 12.0 Å². The maximum atomic E-state index is 11.7. The molecule has 19 heavy (non-hydrogen) atoms. The van der Waals surface area contributed by atoms with E-state index in [0.29, 0.717) is 0 Å². The molecule has 0 aliphatic heterocycles. The predicted octanol–water partition coefficient (Wildman–Crippen LogP) is 2.00. The zero-order valence-electron chi connectivity index (χ0n) is 12.4. The molecule has 0 saturated carbocycles. The van der Waals surface area contributed by atoms with Crippen LogP contribution in [0.15, 0.2) is 0 Å². The molecule has 0 spiro atoms. The van der Waals surface area contributed by atoms with Crippen molar-refractivity contribution in [2.45, 2.75) is 59.9 Å². The van der Waals surface area contributed by atoms with Crippen molar-refractivity contribution in [1.82, 2.24) is 5.32 Å². The van der Waals surface area contributed by atoms with Gasteiger partial charge in [0.2, 0.25) is 5.91 Å². The molecule has 0 saturated heterocycles. The summed E-state index contributed by atoms with van der Waals surface area (Å²) in [5, 5.41) is 11.5. The van der Waals surface area contributed by atoms with Crippen LogP contribution in [0, 0.1) is 11.3 Å². The van der Waals surface area contributed by atoms with Gasteiger partial charge in [-0.05, 0) is 11.8 Å². The highest BCUT2D eigenvalue weighted by Gasteiger charge is 2.24. The minimum absolute atomic E-state index is 0.0105. The van der Waals surface area contributed by atoms with Gasteiger partial charge in [0, 0.05) is 18.8 Å². The fourth-order valence-electron chi connectivity index (χ4n) is 1.56. The van der Waals surface area contributed by atoms with E-state index in [9.17, 15) is 14.4 Å². The summed E-state index contributed by atoms with van der Waals surface area (Å²) in [6.45, 7) is 9.27. The van der Waals surface area contributed by atoms with Gasteiger partial charge in [0.15, 0.2) is 0 Å². The topological polar surface area (TPSA) is 83.5 Å². The lowest BCUT2D eigenvalue weighted by atomic mass is 9.91. The summed E-state index contributed by atoms with van der Waals surface area (Å²) in [5.41, 5.74) is -0.194. The number of Topliss-reactive ketones (excluding diaryl/α,β-unsaturated/α-hetero) is 1. The first kappa shape index (κ1) is 17.6. The van der Waals surface area contributed by atoms with Crippen LogP contribution in [0.25, 0.3) is 0 Å². The molecule has 5 nitrogen and oxygen atoms in total. The first-order valence-corrected chi connectivity index (χ1v) is 6.58. The van der Waals surface area contributed by atoms with Crippen LogP contribution in [-0.4, -0.2) is 28.8 Å². The molecule has 110 valence electrons. The summed E-state index contributed by atoms with van der Waals surface area (Å²) in [6.07, 6.45) is 0.571. The Labute approximate surface area is 114 Å². The summed E-state index contributed by atoms with van der Waals surface area (Å²) in [4.78, 5) is 34.2. The number of hydrogen-bond acceptors (Lipinski definition) is 3. The number of ketones is 1. The molecule has 0 aliphatic carbocycles. The molecule has 0 aliphatic rings. The van der Waals surface area contributed by atoms with Crippen molar-refractivity contribution in [1.29, 1.82) is 0 Å². The van der Waals surface area contributed by atoms with E-state index in [-0.39, 0.29) is 42.3 Å². The van der Waals surface area contributed by atoms with E-state index in [1.807, 2.05) is 20.8 Å². The molecular weight excluding hydrogens is 246 g/mol. The Kier molecular flexibility index (Phi) is 6.73. The molecule has 1 amide bonds. The number of aliphatic carboxylic acids is 1. The Morgan fingerprint density at radius 3 is 2.05 bits per heavy atom. The number of hydrogen-bond donors (Lipinski definition) is 2. The van der Waals surface area contributed by atoms with Crippen LogP contribution in [0.5, 0.6) is 0 Å². The summed E-state index contributed by atoms with van der Waals surface area (Å²) >= 11 is 0. The Morgan fingerprint density at radius 1 is 1.16 bits per heavy atom. The third kappa shape index (κ3) is 8.35. The average Bonchev–Trinajstić information content (AvgIpc) is 2.20. The largest absolute Gasteiger partial charge is 0.480 e. The van der Waals surface area contributed by atoms with Crippen molar-refractivity contribution in [3.05, 3.63) is 0 Å². The Morgan fingerprint density at radius 2 is 1.68 bits per heavy atom. The second-order valence-corrected chi connectivity index (χ2v) is 6.36. The normalized spacial score (nSPS) is 13.2. The maximum absolute atomic E-state index is 11.7. The molecule has 2 N–H and O–H groups in total. The third-order valence-corrected chi connectivity index (χ3v) is 2.65. The molecule has 0 heterocycles. The highest BCUT2D eigenvalue weighted by molar-refractivity contribution is 5.85. The van der Waals surface area contributed by atoms with Crippen molar-refractivity contribution in [2.75, 3.05) is 0 Å². The van der Waals surface area contributed by atoms with Gasteiger partial charge in [-0.25, -0.2) is 4.79 Å². The minimum atomic E-state index is -1.10. The number of nitrogens with one attached hydrogen (secondary N) is 1. The minimum Gasteiger partial charge on any atom is -0.480 e. The van der Waals surface area contributed by atoms with Gasteiger partial charge in [0.05, 0.1) is 0 Å². The molecule has 0 bridgehead atoms. The van der Waals surface area contributed by atoms with Crippen LogP contribution in [0.2, 0.25) is 0 Å². The standard InChI is InChI=1S/C14H25NO4/c1-9(2)11(16)7-6-10(13(18)19)15-12(17)8-14(3,4)5/h9-10H,6-8H2,1-5H3,(H,15,17)(H,18,19). The molecular formula is C14H25NO4. The van der Waals surface area contributed by atoms with E-state index in [1.54, 1.807) is 13.8 Å². The van der Waals surface area contributed by atoms with Gasteiger partial charge in [0.25, 0.3) is 0 Å². The Hall–Kier alpha value is -1.39. The Bertz CT molecular complexity index is 342. The fraction of sp³-hybridized carbons (Fsp3) is 0.786. The fourth-order valence-corrected chi connectivity index (χ4v) is 1.56. The molecule has 1 unspecified atom stereocenters. The number of carbonyl (C=O) groups excluding carboxylic acids is 2. The number of carboxylic acids is 1. The molecule has 0 fully saturated rings. The van der Waals surface area contributed by atoms with Crippen LogP contribution in [0.3, 0.4) is 0 Å². The number of carboxylic acid groups (broad SMARTS) is 1. The quantitative estimate of drug-likeness (QED) is 0.741. The lowest BCUT2D eigenvalue weighted by molar-refractivity contribution is -0.142. The highest BCUT2D eigenvalue weighted by atomic mass is 16.4. The molecule has 1 atom stereocenters. The summed E-state index contributed by atoms with van der Waals surface area (Å²) in [6, 6.07) is -0.988. The maximum Gasteiger partial charge on any atom is 0.326 e. The highest BCUT2D eigenvalue weighted by Crippen LogP contribution is 2.18. The van der Waals surface area contributed by atoms with E-state index in [4.69, 9.17) is 5.11 Å². The molecule has 0 aromatic rings. The van der Waals surface area contributed by atoms with Crippen molar-refractivity contribution >= 4 is 17.7 Å². The van der Waals surface area contributed by atoms with Crippen LogP contribution in [0.4, 0.5) is 0 Å². The first-order chi connectivity index (χ1) is 8.53. The van der Waals surface area contributed by atoms with Crippen LogP contribution in [0.1, 0.15) is 53.9 Å². The van der Waals surface area contributed by atoms with E-state index in [0.717, 1.165) is 0 Å². The van der Waals surface area contributed by atoms with E-state index in [1.165, 1.54) is 0 Å². The predicted molar refractivity (Wildman–Crippen MR) is 72.7 cm³/mol. The van der Waals surface area contributed by atoms with Crippen LogP contribution >= 0.6 is 0 Å². The van der Waals surface area contributed by atoms with Gasteiger partial charge in [-0.2, -0.15) is 0 Å². The zero-order valence-corrected chi connectivity index (χ0v) is 12.4. The lowest BCUT2D eigenvalue weighted by Crippen LogP contribution is -2.42. The summed E-state index contributed by atoms with van der Waals surface area (Å²) < 4.78 is 0. The Balaban J connectivity index is 4.39. The van der Waals surface area contributed by atoms with Crippen molar-refractivity contribution in [3.63, 3.8) is 0 Å². The SMILES string of the molecule is CC(C)C(=O)CCC(NC(=O)CC(C)(C)C)C(=O)O. The van der Waals surface area contributed by atoms with Gasteiger partial charge in [-0.3, -0.25) is 9.59 Å². The molecule has 0 aromatic heterocycles. The average molecular weight is 271 g/mol. The van der Waals surface area contributed by atoms with Crippen LogP contribution in [-0.2, 0) is 14.4 Å². The van der Waals surface area contributed by atoms with Gasteiger partial charge >= 0.3 is 5.97 Å². The van der Waals surface area contributed by atoms with E-state index >= 15 is 0 Å². The molecule has 0 aromatic carbocycles. The number of carbonyl (C=O) groups is 3. The summed E-state index contributed by atoms with van der Waals surface area (Å²) in [7, 11) is 0. The van der Waals surface area contributed by atoms with Gasteiger partial charge in [-0.15, -0.1) is 0 Å². The number of rotatable bonds is 7. The summed E-state index contributed by atoms with van der Waals surface area (Å²) in [5.74, 6) is -1.49. The van der Waals surface area contributed by atoms with Crippen molar-refractivity contribution in [2.24, 2.45) is 11.3 Å². The van der Waals surface area contributed by atoms with Crippen molar-refractivity contribution in [3.8, 4) is 0 Å². The zero-order chi connectivity index (χ0) is 15.2. The van der Waals surface area contributed by atoms with Crippen LogP contribution < -0.4 is 5.32 Å². The lowest BCUT2D eigenvalue weighted by Gasteiger charge is -2.20. The third-order valence-electron chi connectivity index (χ3n) is 2.65. The van der Waals surface area contributed by atoms with Gasteiger partial charge < -0.3 is 10.4 Å². The second kappa shape index (κ2) is 7.26.